The lowest BCUT2D eigenvalue weighted by Crippen LogP contribution is -2.39. The normalized spacial score (nSPS) is 17.7. The van der Waals surface area contributed by atoms with Gasteiger partial charge in [0.25, 0.3) is 5.56 Å². The van der Waals surface area contributed by atoms with Gasteiger partial charge in [0.2, 0.25) is 5.91 Å². The van der Waals surface area contributed by atoms with Crippen LogP contribution in [-0.4, -0.2) is 59.9 Å². The molecule has 2 rings (SSSR count). The van der Waals surface area contributed by atoms with Crippen LogP contribution >= 0.6 is 0 Å². The molecule has 0 aromatic carbocycles. The number of anilines is 1. The first kappa shape index (κ1) is 17.5. The third-order valence-electron chi connectivity index (χ3n) is 4.45. The van der Waals surface area contributed by atoms with E-state index in [-0.39, 0.29) is 11.5 Å². The molecule has 0 saturated carbocycles. The Balaban J connectivity index is 1.80. The lowest BCUT2D eigenvalue weighted by molar-refractivity contribution is -0.122. The average Bonchev–Trinajstić information content (AvgIpc) is 3.02. The van der Waals surface area contributed by atoms with Crippen molar-refractivity contribution < 1.29 is 4.79 Å². The van der Waals surface area contributed by atoms with Crippen LogP contribution in [0.5, 0.6) is 0 Å². The van der Waals surface area contributed by atoms with Gasteiger partial charge >= 0.3 is 0 Å². The zero-order valence-corrected chi connectivity index (χ0v) is 14.3. The Bertz CT molecular complexity index is 582. The van der Waals surface area contributed by atoms with Crippen LogP contribution in [0, 0.1) is 5.92 Å². The van der Waals surface area contributed by atoms with Crippen LogP contribution in [-0.2, 0) is 11.8 Å². The maximum Gasteiger partial charge on any atom is 0.268 e. The predicted molar refractivity (Wildman–Crippen MR) is 90.6 cm³/mol. The summed E-state index contributed by atoms with van der Waals surface area (Å²) in [7, 11) is 1.64. The van der Waals surface area contributed by atoms with Gasteiger partial charge in [-0.2, -0.15) is 5.10 Å². The van der Waals surface area contributed by atoms with E-state index in [4.69, 9.17) is 0 Å². The number of amides is 1. The van der Waals surface area contributed by atoms with E-state index in [1.807, 2.05) is 0 Å². The lowest BCUT2D eigenvalue weighted by atomic mass is 10.1. The maximum absolute atomic E-state index is 11.9. The average molecular weight is 321 g/mol. The minimum absolute atomic E-state index is 0.0856. The van der Waals surface area contributed by atoms with Gasteiger partial charge in [0.15, 0.2) is 0 Å². The molecule has 1 aromatic heterocycles. The van der Waals surface area contributed by atoms with Crippen LogP contribution in [0.15, 0.2) is 17.1 Å². The van der Waals surface area contributed by atoms with E-state index in [1.54, 1.807) is 19.3 Å². The Morgan fingerprint density at radius 1 is 1.43 bits per heavy atom. The van der Waals surface area contributed by atoms with Crippen molar-refractivity contribution in [2.75, 3.05) is 44.2 Å². The zero-order chi connectivity index (χ0) is 16.8. The van der Waals surface area contributed by atoms with E-state index in [9.17, 15) is 9.59 Å². The molecule has 1 saturated heterocycles. The highest BCUT2D eigenvalue weighted by atomic mass is 16.2. The Kier molecular flexibility index (Phi) is 6.15. The summed E-state index contributed by atoms with van der Waals surface area (Å²) in [6.45, 7) is 8.78. The molecule has 0 unspecified atom stereocenters. The Hall–Kier alpha value is -1.89. The van der Waals surface area contributed by atoms with E-state index >= 15 is 0 Å². The van der Waals surface area contributed by atoms with Crippen LogP contribution < -0.4 is 15.8 Å². The molecule has 128 valence electrons. The zero-order valence-electron chi connectivity index (χ0n) is 14.3. The first-order chi connectivity index (χ1) is 11.0. The molecule has 1 aliphatic rings. The first-order valence-corrected chi connectivity index (χ1v) is 8.30. The fraction of sp³-hybridized carbons (Fsp3) is 0.688. The summed E-state index contributed by atoms with van der Waals surface area (Å²) in [5.41, 5.74) is 0.767. The predicted octanol–water partition coefficient (Wildman–Crippen LogP) is 0.0646. The number of aromatic nitrogens is 2. The number of aryl methyl sites for hydroxylation is 1. The number of nitrogens with zero attached hydrogens (tertiary/aromatic N) is 4. The van der Waals surface area contributed by atoms with Crippen LogP contribution in [0.2, 0.25) is 0 Å². The molecular weight excluding hydrogens is 294 g/mol. The minimum Gasteiger partial charge on any atom is -0.370 e. The Morgan fingerprint density at radius 2 is 2.17 bits per heavy atom. The van der Waals surface area contributed by atoms with Crippen molar-refractivity contribution in [3.63, 3.8) is 0 Å². The SMILES string of the molecule is CCN(CC)CC(=O)NC[C@H]1CCN(c2cnn(C)c(=O)c2)C1. The second kappa shape index (κ2) is 8.10. The van der Waals surface area contributed by atoms with Crippen molar-refractivity contribution in [1.29, 1.82) is 0 Å². The van der Waals surface area contributed by atoms with Crippen molar-refractivity contribution in [2.24, 2.45) is 13.0 Å². The van der Waals surface area contributed by atoms with Crippen molar-refractivity contribution in [3.8, 4) is 0 Å². The second-order valence-electron chi connectivity index (χ2n) is 6.04. The van der Waals surface area contributed by atoms with Crippen LogP contribution in [0.4, 0.5) is 5.69 Å². The third-order valence-corrected chi connectivity index (χ3v) is 4.45. The van der Waals surface area contributed by atoms with Crippen LogP contribution in [0.3, 0.4) is 0 Å². The standard InChI is InChI=1S/C16H27N5O2/c1-4-20(5-2)12-15(22)17-9-13-6-7-21(11-13)14-8-16(23)19(3)18-10-14/h8,10,13H,4-7,9,11-12H2,1-3H3,(H,17,22)/t13-/m1/s1. The van der Waals surface area contributed by atoms with E-state index in [2.05, 4.69) is 34.1 Å². The van der Waals surface area contributed by atoms with Crippen molar-refractivity contribution in [2.45, 2.75) is 20.3 Å². The monoisotopic (exact) mass is 321 g/mol. The van der Waals surface area contributed by atoms with Crippen LogP contribution in [0.1, 0.15) is 20.3 Å². The molecule has 2 heterocycles. The Morgan fingerprint density at radius 3 is 2.83 bits per heavy atom. The molecule has 23 heavy (non-hydrogen) atoms. The van der Waals surface area contributed by atoms with E-state index < -0.39 is 0 Å². The molecule has 1 N–H and O–H groups in total. The third kappa shape index (κ3) is 4.79. The summed E-state index contributed by atoms with van der Waals surface area (Å²) in [6, 6.07) is 1.62. The molecular formula is C16H27N5O2. The quantitative estimate of drug-likeness (QED) is 0.769. The van der Waals surface area contributed by atoms with Gasteiger partial charge in [-0.05, 0) is 25.4 Å². The topological polar surface area (TPSA) is 70.5 Å². The molecule has 0 radical (unpaired) electrons. The molecule has 1 aromatic rings. The van der Waals surface area contributed by atoms with Gasteiger partial charge in [0.1, 0.15) is 0 Å². The molecule has 1 amide bonds. The van der Waals surface area contributed by atoms with Gasteiger partial charge in [0.05, 0.1) is 18.4 Å². The molecule has 0 spiro atoms. The number of carbonyl (C=O) groups excluding carboxylic acids is 1. The maximum atomic E-state index is 11.9. The van der Waals surface area contributed by atoms with Gasteiger partial charge in [-0.3, -0.25) is 14.5 Å². The van der Waals surface area contributed by atoms with E-state index in [1.165, 1.54) is 4.68 Å². The molecule has 7 nitrogen and oxygen atoms in total. The number of nitrogens with one attached hydrogen (secondary N) is 1. The van der Waals surface area contributed by atoms with Gasteiger partial charge < -0.3 is 10.2 Å². The van der Waals surface area contributed by atoms with Crippen molar-refractivity contribution >= 4 is 11.6 Å². The number of likely N-dealkylation sites (N-methyl/N-ethyl adjacent to an activating group) is 1. The minimum atomic E-state index is -0.0986. The van der Waals surface area contributed by atoms with Gasteiger partial charge in [0, 0.05) is 32.7 Å². The van der Waals surface area contributed by atoms with Gasteiger partial charge in [-0.15, -0.1) is 0 Å². The summed E-state index contributed by atoms with van der Waals surface area (Å²) < 4.78 is 1.32. The molecule has 1 fully saturated rings. The first-order valence-electron chi connectivity index (χ1n) is 8.30. The highest BCUT2D eigenvalue weighted by molar-refractivity contribution is 5.78. The fourth-order valence-corrected chi connectivity index (χ4v) is 2.83. The van der Waals surface area contributed by atoms with E-state index in [0.717, 1.165) is 38.3 Å². The highest BCUT2D eigenvalue weighted by Crippen LogP contribution is 2.21. The van der Waals surface area contributed by atoms with Gasteiger partial charge in [-0.1, -0.05) is 13.8 Å². The van der Waals surface area contributed by atoms with E-state index in [0.29, 0.717) is 19.0 Å². The second-order valence-corrected chi connectivity index (χ2v) is 6.04. The van der Waals surface area contributed by atoms with Crippen molar-refractivity contribution in [1.82, 2.24) is 20.0 Å². The largest absolute Gasteiger partial charge is 0.370 e. The molecule has 1 aliphatic heterocycles. The lowest BCUT2D eigenvalue weighted by Gasteiger charge is -2.19. The summed E-state index contributed by atoms with van der Waals surface area (Å²) in [5.74, 6) is 0.502. The summed E-state index contributed by atoms with van der Waals surface area (Å²) >= 11 is 0. The Labute approximate surface area is 137 Å². The summed E-state index contributed by atoms with van der Waals surface area (Å²) in [6.07, 6.45) is 2.74. The highest BCUT2D eigenvalue weighted by Gasteiger charge is 2.23. The molecule has 0 aliphatic carbocycles. The molecule has 1 atom stereocenters. The van der Waals surface area contributed by atoms with Crippen LogP contribution in [0.25, 0.3) is 0 Å². The van der Waals surface area contributed by atoms with Crippen molar-refractivity contribution in [3.05, 3.63) is 22.6 Å². The number of hydrogen-bond donors (Lipinski definition) is 1. The molecule has 0 bridgehead atoms. The fourth-order valence-electron chi connectivity index (χ4n) is 2.83. The molecule has 7 heteroatoms. The smallest absolute Gasteiger partial charge is 0.268 e. The van der Waals surface area contributed by atoms with Gasteiger partial charge in [-0.25, -0.2) is 4.68 Å². The number of hydrogen-bond acceptors (Lipinski definition) is 5. The number of rotatable bonds is 7. The summed E-state index contributed by atoms with van der Waals surface area (Å²) in [5, 5.41) is 7.09. The summed E-state index contributed by atoms with van der Waals surface area (Å²) in [4.78, 5) is 27.9. The number of carbonyl (C=O) groups is 1.